The number of benzene rings is 2. The molecule has 0 saturated carbocycles. The lowest BCUT2D eigenvalue weighted by molar-refractivity contribution is -0.141. The molecule has 1 atom stereocenters. The van der Waals surface area contributed by atoms with Gasteiger partial charge < -0.3 is 10.1 Å². The zero-order chi connectivity index (χ0) is 17.8. The minimum atomic E-state index is -0.511. The number of hydrogen-bond acceptors (Lipinski definition) is 4. The number of fused-ring (bicyclic) bond motifs is 1. The molecular weight excluding hydrogens is 386 g/mol. The van der Waals surface area contributed by atoms with Crippen molar-refractivity contribution in [2.24, 2.45) is 0 Å². The number of methoxy groups -OCH3 is 1. The van der Waals surface area contributed by atoms with Gasteiger partial charge in [-0.25, -0.2) is 0 Å². The highest BCUT2D eigenvalue weighted by Crippen LogP contribution is 2.22. The molecule has 0 aliphatic heterocycles. The number of amides is 1. The van der Waals surface area contributed by atoms with Crippen LogP contribution >= 0.6 is 15.9 Å². The maximum absolute atomic E-state index is 12.7. The molecule has 3 aromatic rings. The van der Waals surface area contributed by atoms with Crippen molar-refractivity contribution in [3.8, 4) is 0 Å². The molecule has 0 radical (unpaired) electrons. The molecule has 1 amide bonds. The number of carbonyl (C=O) groups excluding carboxylic acids is 2. The maximum Gasteiger partial charge on any atom is 0.307 e. The lowest BCUT2D eigenvalue weighted by Gasteiger charge is -2.18. The minimum Gasteiger partial charge on any atom is -0.469 e. The van der Waals surface area contributed by atoms with Crippen LogP contribution in [-0.2, 0) is 9.53 Å². The number of nitrogens with one attached hydrogen (secondary N) is 2. The topological polar surface area (TPSA) is 84.1 Å². The second kappa shape index (κ2) is 7.48. The zero-order valence-corrected chi connectivity index (χ0v) is 15.0. The first-order valence-corrected chi connectivity index (χ1v) is 8.44. The molecule has 3 rings (SSSR count). The minimum absolute atomic E-state index is 0.0340. The summed E-state index contributed by atoms with van der Waals surface area (Å²) in [4.78, 5) is 24.4. The van der Waals surface area contributed by atoms with Crippen molar-refractivity contribution >= 4 is 38.7 Å². The van der Waals surface area contributed by atoms with E-state index in [9.17, 15) is 9.59 Å². The molecule has 0 aliphatic rings. The molecular formula is C18H16BrN3O3. The van der Waals surface area contributed by atoms with Crippen molar-refractivity contribution in [3.05, 3.63) is 64.3 Å². The van der Waals surface area contributed by atoms with E-state index in [4.69, 9.17) is 4.74 Å². The van der Waals surface area contributed by atoms with Crippen LogP contribution in [0.1, 0.15) is 28.5 Å². The van der Waals surface area contributed by atoms with Crippen LogP contribution in [0.4, 0.5) is 0 Å². The van der Waals surface area contributed by atoms with Crippen LogP contribution in [0, 0.1) is 0 Å². The Hall–Kier alpha value is -2.67. The SMILES string of the molecule is COC(=O)CC(NC(=O)c1n[nH]c2ccccc12)c1ccc(Br)cc1. The average molecular weight is 402 g/mol. The maximum atomic E-state index is 12.7. The Bertz CT molecular complexity index is 905. The highest BCUT2D eigenvalue weighted by Gasteiger charge is 2.22. The van der Waals surface area contributed by atoms with E-state index < -0.39 is 12.0 Å². The van der Waals surface area contributed by atoms with Crippen LogP contribution in [-0.4, -0.2) is 29.2 Å². The van der Waals surface area contributed by atoms with Crippen molar-refractivity contribution in [2.75, 3.05) is 7.11 Å². The fraction of sp³-hybridized carbons (Fsp3) is 0.167. The number of esters is 1. The normalized spacial score (nSPS) is 11.9. The fourth-order valence-electron chi connectivity index (χ4n) is 2.56. The summed E-state index contributed by atoms with van der Waals surface area (Å²) in [5.74, 6) is -0.755. The molecule has 6 nitrogen and oxygen atoms in total. The standard InChI is InChI=1S/C18H16BrN3O3/c1-25-16(23)10-15(11-6-8-12(19)9-7-11)20-18(24)17-13-4-2-3-5-14(13)21-22-17/h2-9,15H,10H2,1H3,(H,20,24)(H,21,22). The van der Waals surface area contributed by atoms with E-state index in [0.717, 1.165) is 20.9 Å². The van der Waals surface area contributed by atoms with E-state index in [2.05, 4.69) is 31.4 Å². The molecule has 1 heterocycles. The average Bonchev–Trinajstić information content (AvgIpc) is 3.06. The third kappa shape index (κ3) is 3.88. The van der Waals surface area contributed by atoms with Gasteiger partial charge in [-0.2, -0.15) is 5.10 Å². The van der Waals surface area contributed by atoms with E-state index >= 15 is 0 Å². The van der Waals surface area contributed by atoms with Gasteiger partial charge in [0.05, 0.1) is 25.1 Å². The molecule has 0 bridgehead atoms. The quantitative estimate of drug-likeness (QED) is 0.641. The van der Waals surface area contributed by atoms with Gasteiger partial charge in [0.2, 0.25) is 0 Å². The van der Waals surface area contributed by atoms with Gasteiger partial charge in [0.15, 0.2) is 5.69 Å². The smallest absolute Gasteiger partial charge is 0.307 e. The van der Waals surface area contributed by atoms with E-state index in [1.54, 1.807) is 0 Å². The Morgan fingerprint density at radius 3 is 2.64 bits per heavy atom. The largest absolute Gasteiger partial charge is 0.469 e. The monoisotopic (exact) mass is 401 g/mol. The number of ether oxygens (including phenoxy) is 1. The third-order valence-corrected chi connectivity index (χ3v) is 4.39. The van der Waals surface area contributed by atoms with Crippen LogP contribution in [0.5, 0.6) is 0 Å². The van der Waals surface area contributed by atoms with Crippen LogP contribution in [0.2, 0.25) is 0 Å². The molecule has 1 unspecified atom stereocenters. The van der Waals surface area contributed by atoms with E-state index in [1.807, 2.05) is 48.5 Å². The molecule has 0 saturated heterocycles. The molecule has 0 spiro atoms. The summed E-state index contributed by atoms with van der Waals surface area (Å²) in [6, 6.07) is 14.3. The third-order valence-electron chi connectivity index (χ3n) is 3.86. The molecule has 2 N–H and O–H groups in total. The summed E-state index contributed by atoms with van der Waals surface area (Å²) in [6.07, 6.45) is 0.0340. The van der Waals surface area contributed by atoms with Crippen molar-refractivity contribution in [2.45, 2.75) is 12.5 Å². The van der Waals surface area contributed by atoms with Gasteiger partial charge in [0, 0.05) is 9.86 Å². The molecule has 25 heavy (non-hydrogen) atoms. The Labute approximate surface area is 152 Å². The number of rotatable bonds is 5. The summed E-state index contributed by atoms with van der Waals surface area (Å²) in [5, 5.41) is 10.5. The van der Waals surface area contributed by atoms with Gasteiger partial charge in [-0.1, -0.05) is 46.3 Å². The van der Waals surface area contributed by atoms with E-state index in [-0.39, 0.29) is 12.3 Å². The summed E-state index contributed by atoms with van der Waals surface area (Å²) < 4.78 is 5.66. The molecule has 128 valence electrons. The number of hydrogen-bond donors (Lipinski definition) is 2. The van der Waals surface area contributed by atoms with E-state index in [0.29, 0.717) is 5.69 Å². The number of para-hydroxylation sites is 1. The summed E-state index contributed by atoms with van der Waals surface area (Å²) in [6.45, 7) is 0. The Morgan fingerprint density at radius 2 is 1.92 bits per heavy atom. The van der Waals surface area contributed by atoms with Gasteiger partial charge in [0.1, 0.15) is 0 Å². The van der Waals surface area contributed by atoms with Gasteiger partial charge in [0.25, 0.3) is 5.91 Å². The Balaban J connectivity index is 1.87. The van der Waals surface area contributed by atoms with Crippen LogP contribution < -0.4 is 5.32 Å². The van der Waals surface area contributed by atoms with Crippen LogP contribution in [0.3, 0.4) is 0 Å². The van der Waals surface area contributed by atoms with Gasteiger partial charge in [-0.15, -0.1) is 0 Å². The van der Waals surface area contributed by atoms with Gasteiger partial charge in [-0.05, 0) is 23.8 Å². The molecule has 0 fully saturated rings. The predicted molar refractivity (Wildman–Crippen MR) is 97.1 cm³/mol. The molecule has 0 aliphatic carbocycles. The highest BCUT2D eigenvalue weighted by atomic mass is 79.9. The lowest BCUT2D eigenvalue weighted by Crippen LogP contribution is -2.30. The molecule has 7 heteroatoms. The number of nitrogens with zero attached hydrogens (tertiary/aromatic N) is 1. The van der Waals surface area contributed by atoms with Crippen LogP contribution in [0.15, 0.2) is 53.0 Å². The first-order chi connectivity index (χ1) is 12.1. The Kier molecular flexibility index (Phi) is 5.14. The van der Waals surface area contributed by atoms with Crippen molar-refractivity contribution < 1.29 is 14.3 Å². The summed E-state index contributed by atoms with van der Waals surface area (Å²) >= 11 is 3.38. The van der Waals surface area contributed by atoms with E-state index in [1.165, 1.54) is 7.11 Å². The predicted octanol–water partition coefficient (Wildman–Crippen LogP) is 3.36. The first-order valence-electron chi connectivity index (χ1n) is 7.64. The van der Waals surface area contributed by atoms with Crippen molar-refractivity contribution in [3.63, 3.8) is 0 Å². The lowest BCUT2D eigenvalue weighted by atomic mass is 10.0. The number of aromatic nitrogens is 2. The second-order valence-corrected chi connectivity index (χ2v) is 6.39. The summed E-state index contributed by atoms with van der Waals surface area (Å²) in [5.41, 5.74) is 1.88. The number of halogens is 1. The first kappa shape index (κ1) is 17.2. The fourth-order valence-corrected chi connectivity index (χ4v) is 2.82. The molecule has 1 aromatic heterocycles. The number of carbonyl (C=O) groups is 2. The van der Waals surface area contributed by atoms with Gasteiger partial charge in [-0.3, -0.25) is 14.7 Å². The second-order valence-electron chi connectivity index (χ2n) is 5.48. The number of H-pyrrole nitrogens is 1. The molecule has 2 aromatic carbocycles. The Morgan fingerprint density at radius 1 is 1.20 bits per heavy atom. The van der Waals surface area contributed by atoms with Gasteiger partial charge >= 0.3 is 5.97 Å². The summed E-state index contributed by atoms with van der Waals surface area (Å²) in [7, 11) is 1.32. The highest BCUT2D eigenvalue weighted by molar-refractivity contribution is 9.10. The van der Waals surface area contributed by atoms with Crippen molar-refractivity contribution in [1.82, 2.24) is 15.5 Å². The zero-order valence-electron chi connectivity index (χ0n) is 13.5. The van der Waals surface area contributed by atoms with Crippen LogP contribution in [0.25, 0.3) is 10.9 Å². The number of aromatic amines is 1. The van der Waals surface area contributed by atoms with Crippen molar-refractivity contribution in [1.29, 1.82) is 0 Å².